The van der Waals surface area contributed by atoms with Gasteiger partial charge < -0.3 is 43.4 Å². The van der Waals surface area contributed by atoms with Crippen molar-refractivity contribution in [3.8, 4) is 0 Å². The second-order valence-electron chi connectivity index (χ2n) is 15.1. The molecule has 14 nitrogen and oxygen atoms in total. The van der Waals surface area contributed by atoms with Crippen LogP contribution in [-0.4, -0.2) is 86.8 Å². The lowest BCUT2D eigenvalue weighted by molar-refractivity contribution is -0.163. The minimum Gasteiger partial charge on any atom is -0.468 e. The largest absolute Gasteiger partial charge is 0.468 e. The zero-order chi connectivity index (χ0) is 36.3. The van der Waals surface area contributed by atoms with Gasteiger partial charge in [0.15, 0.2) is 5.66 Å². The van der Waals surface area contributed by atoms with Crippen LogP contribution in [0.15, 0.2) is 11.6 Å². The summed E-state index contributed by atoms with van der Waals surface area (Å²) in [4.78, 5) is 56.2. The van der Waals surface area contributed by atoms with Crippen LogP contribution in [0.2, 0.25) is 0 Å². The number of nitrogens with one attached hydrogen (secondary N) is 2. The van der Waals surface area contributed by atoms with Crippen LogP contribution in [0.4, 0.5) is 9.59 Å². The van der Waals surface area contributed by atoms with Crippen LogP contribution >= 0.6 is 7.60 Å². The first-order chi connectivity index (χ1) is 21.4. The molecule has 0 radical (unpaired) electrons. The number of hydrogen-bond donors (Lipinski definition) is 2. The van der Waals surface area contributed by atoms with E-state index in [1.807, 2.05) is 47.6 Å². The summed E-state index contributed by atoms with van der Waals surface area (Å²) in [6.07, 6.45) is 7.22. The predicted octanol–water partition coefficient (Wildman–Crippen LogP) is 5.22. The van der Waals surface area contributed by atoms with Gasteiger partial charge in [-0.3, -0.25) is 9.36 Å². The van der Waals surface area contributed by atoms with Gasteiger partial charge in [0.05, 0.1) is 14.2 Å². The first-order valence-electron chi connectivity index (χ1n) is 15.4. The smallest absolute Gasteiger partial charge is 0.408 e. The lowest BCUT2D eigenvalue weighted by Gasteiger charge is -2.69. The van der Waals surface area contributed by atoms with Gasteiger partial charge in [-0.2, -0.15) is 0 Å². The molecule has 15 heteroatoms. The standard InChI is InChI=1S/C15H23NO4.C11H17NO3.C6H13O5P/c1-10(11(17)19-5)6-14-7-15(8-14,9-14)16-12(18)20-13(2,3)4;1-9(2,3)15-8(14)12-11-4-10(5-11,6-11)7-13;1-5(6(7)9-2)12(8,10-3)11-4/h6H,7-9H2,1-5H3,(H,16,18);7H,4-6H2,1-3H3,(H,12,14);5H,1-4H3/b10-6-;;. The van der Waals surface area contributed by atoms with Gasteiger partial charge >= 0.3 is 31.7 Å². The van der Waals surface area contributed by atoms with E-state index >= 15 is 0 Å². The van der Waals surface area contributed by atoms with Crippen molar-refractivity contribution >= 4 is 38.0 Å². The number of carbonyl (C=O) groups excluding carboxylic acids is 5. The molecule has 1 atom stereocenters. The Morgan fingerprint density at radius 2 is 1.11 bits per heavy atom. The highest BCUT2D eigenvalue weighted by molar-refractivity contribution is 7.55. The maximum atomic E-state index is 11.7. The number of methoxy groups -OCH3 is 2. The SMILES string of the molecule is CC(C)(C)OC(=O)NC12CC(C=O)(C1)C2.COC(=O)/C(C)=C\C12CC(NC(=O)OC(C)(C)C)(C1)C2.COC(=O)C(C)P(=O)(OC)OC. The monoisotopic (exact) mass is 688 g/mol. The molecular weight excluding hydrogens is 635 g/mol. The van der Waals surface area contributed by atoms with Crippen molar-refractivity contribution in [2.24, 2.45) is 10.8 Å². The van der Waals surface area contributed by atoms with Crippen molar-refractivity contribution in [2.75, 3.05) is 28.4 Å². The van der Waals surface area contributed by atoms with Crippen LogP contribution in [0.3, 0.4) is 0 Å². The summed E-state index contributed by atoms with van der Waals surface area (Å²) in [6.45, 7) is 14.2. The number of allylic oxidation sites excluding steroid dienone is 1. The van der Waals surface area contributed by atoms with E-state index in [1.165, 1.54) is 35.4 Å². The second kappa shape index (κ2) is 14.3. The highest BCUT2D eigenvalue weighted by atomic mass is 31.2. The lowest BCUT2D eigenvalue weighted by atomic mass is 9.39. The van der Waals surface area contributed by atoms with Crippen LogP contribution < -0.4 is 10.6 Å². The van der Waals surface area contributed by atoms with Crippen LogP contribution in [0, 0.1) is 10.8 Å². The van der Waals surface area contributed by atoms with Gasteiger partial charge in [-0.05, 0) is 99.3 Å². The average Bonchev–Trinajstić information content (AvgIpc) is 2.89. The van der Waals surface area contributed by atoms with E-state index in [4.69, 9.17) is 14.2 Å². The van der Waals surface area contributed by atoms with Crippen molar-refractivity contribution in [1.29, 1.82) is 0 Å². The molecule has 0 aromatic rings. The quantitative estimate of drug-likeness (QED) is 0.106. The number of hydrogen-bond acceptors (Lipinski definition) is 12. The van der Waals surface area contributed by atoms with Crippen molar-refractivity contribution in [3.63, 3.8) is 0 Å². The number of alkyl carbamates (subject to hydrolysis) is 2. The Hall–Kier alpha value is -2.96. The maximum Gasteiger partial charge on any atom is 0.408 e. The Morgan fingerprint density at radius 1 is 0.723 bits per heavy atom. The van der Waals surface area contributed by atoms with Gasteiger partial charge in [-0.25, -0.2) is 14.4 Å². The summed E-state index contributed by atoms with van der Waals surface area (Å²) < 4.78 is 40.2. The van der Waals surface area contributed by atoms with E-state index in [0.717, 1.165) is 44.8 Å². The van der Waals surface area contributed by atoms with Crippen LogP contribution in [0.5, 0.6) is 0 Å². The minimum absolute atomic E-state index is 0.0628. The topological polar surface area (TPSA) is 182 Å². The molecule has 1 unspecified atom stereocenters. The number of ether oxygens (including phenoxy) is 4. The van der Waals surface area contributed by atoms with Crippen molar-refractivity contribution in [1.82, 2.24) is 10.6 Å². The number of aldehydes is 1. The Bertz CT molecular complexity index is 1250. The predicted molar refractivity (Wildman–Crippen MR) is 172 cm³/mol. The Balaban J connectivity index is 0.000000255. The van der Waals surface area contributed by atoms with E-state index in [-0.39, 0.29) is 40.1 Å². The fraction of sp³-hybridized carbons (Fsp3) is 0.781. The molecule has 0 saturated heterocycles. The Labute approximate surface area is 277 Å². The van der Waals surface area contributed by atoms with Gasteiger partial charge in [0.1, 0.15) is 17.5 Å². The molecule has 0 spiro atoms. The van der Waals surface area contributed by atoms with E-state index in [2.05, 4.69) is 24.4 Å². The molecule has 6 saturated carbocycles. The van der Waals surface area contributed by atoms with Crippen LogP contribution in [0.1, 0.15) is 93.9 Å². The molecule has 2 N–H and O–H groups in total. The molecule has 0 aromatic heterocycles. The Morgan fingerprint density at radius 3 is 1.40 bits per heavy atom. The highest BCUT2D eigenvalue weighted by Crippen LogP contribution is 2.68. The van der Waals surface area contributed by atoms with Gasteiger partial charge in [0, 0.05) is 36.3 Å². The summed E-state index contributed by atoms with van der Waals surface area (Å²) in [6, 6.07) is 0. The number of esters is 2. The minimum atomic E-state index is -3.32. The molecule has 0 heterocycles. The average molecular weight is 689 g/mol. The van der Waals surface area contributed by atoms with E-state index in [9.17, 15) is 28.5 Å². The third-order valence-electron chi connectivity index (χ3n) is 8.48. The molecule has 6 aliphatic rings. The van der Waals surface area contributed by atoms with Crippen molar-refractivity contribution in [3.05, 3.63) is 11.6 Å². The third-order valence-corrected chi connectivity index (χ3v) is 10.7. The molecule has 6 aliphatic carbocycles. The fourth-order valence-corrected chi connectivity index (χ4v) is 7.83. The third kappa shape index (κ3) is 10.0. The fourth-order valence-electron chi connectivity index (χ4n) is 6.69. The van der Waals surface area contributed by atoms with Crippen LogP contribution in [-0.2, 0) is 46.9 Å². The van der Waals surface area contributed by atoms with Gasteiger partial charge in [-0.1, -0.05) is 6.08 Å². The van der Waals surface area contributed by atoms with Gasteiger partial charge in [-0.15, -0.1) is 0 Å². The zero-order valence-corrected chi connectivity index (χ0v) is 30.7. The van der Waals surface area contributed by atoms with E-state index in [0.29, 0.717) is 5.57 Å². The van der Waals surface area contributed by atoms with Gasteiger partial charge in [0.25, 0.3) is 0 Å². The zero-order valence-electron chi connectivity index (χ0n) is 29.8. The summed E-state index contributed by atoms with van der Waals surface area (Å²) >= 11 is 0. The van der Waals surface area contributed by atoms with Gasteiger partial charge in [0.2, 0.25) is 0 Å². The van der Waals surface area contributed by atoms with Crippen LogP contribution in [0.25, 0.3) is 0 Å². The number of amides is 2. The molecule has 47 heavy (non-hydrogen) atoms. The molecule has 6 fully saturated rings. The van der Waals surface area contributed by atoms with Crippen molar-refractivity contribution < 1.29 is 56.5 Å². The molecule has 0 aliphatic heterocycles. The molecule has 268 valence electrons. The summed E-state index contributed by atoms with van der Waals surface area (Å²) in [5.74, 6) is -0.897. The summed E-state index contributed by atoms with van der Waals surface area (Å²) in [5, 5.41) is 5.80. The maximum absolute atomic E-state index is 11.7. The van der Waals surface area contributed by atoms with E-state index in [1.54, 1.807) is 6.92 Å². The summed E-state index contributed by atoms with van der Waals surface area (Å²) in [5.41, 5.74) is -1.51. The number of rotatable bonds is 9. The van der Waals surface area contributed by atoms with Crippen molar-refractivity contribution in [2.45, 2.75) is 122 Å². The molecule has 0 aromatic carbocycles. The summed E-state index contributed by atoms with van der Waals surface area (Å²) in [7, 11) is 1.73. The molecular formula is C32H53N2O12P. The lowest BCUT2D eigenvalue weighted by Crippen LogP contribution is -2.75. The molecule has 2 amide bonds. The molecule has 4 bridgehead atoms. The number of carbonyl (C=O) groups is 5. The molecule has 6 rings (SSSR count). The highest BCUT2D eigenvalue weighted by Gasteiger charge is 2.69. The normalized spacial score (nSPS) is 29.0. The second-order valence-corrected chi connectivity index (χ2v) is 17.7. The first-order valence-corrected chi connectivity index (χ1v) is 17.1. The first kappa shape index (κ1) is 40.2. The Kier molecular flexibility index (Phi) is 12.2. The van der Waals surface area contributed by atoms with E-state index < -0.39 is 30.4 Å².